The molecular weight excluding hydrogens is 629 g/mol. The lowest BCUT2D eigenvalue weighted by Gasteiger charge is -2.24. The van der Waals surface area contributed by atoms with Gasteiger partial charge in [0, 0.05) is 12.8 Å². The Kier molecular flexibility index (Phi) is 31.3. The Morgan fingerprint density at radius 2 is 0.979 bits per heavy atom. The molecule has 0 aromatic carbocycles. The number of phosphoric ester groups is 1. The van der Waals surface area contributed by atoms with E-state index >= 15 is 0 Å². The molecule has 0 rings (SSSR count). The van der Waals surface area contributed by atoms with Crippen LogP contribution in [-0.4, -0.2) is 74.9 Å². The number of ether oxygens (including phenoxy) is 2. The van der Waals surface area contributed by atoms with Crippen molar-refractivity contribution in [1.82, 2.24) is 0 Å². The van der Waals surface area contributed by atoms with Crippen LogP contribution in [0.2, 0.25) is 0 Å². The minimum absolute atomic E-state index is 0.0338. The number of rotatable bonds is 36. The van der Waals surface area contributed by atoms with E-state index in [1.807, 2.05) is 21.1 Å². The second-order valence-corrected chi connectivity index (χ2v) is 16.1. The number of likely N-dealkylation sites (N-methyl/N-ethyl adjacent to an activating group) is 1. The standard InChI is InChI=1S/C38H76NO8P/c1-6-8-9-10-11-12-13-14-15-16-17-18-19-20-21-22-23-24-25-26-27-28-29-30-31-38(41)47-36(34-44-37(40)7-2)35-46-48(42,43)45-33-32-39(3,4)5/h36H,6-35H2,1-5H3/p+1. The predicted octanol–water partition coefficient (Wildman–Crippen LogP) is 10.5. The minimum atomic E-state index is -4.33. The molecule has 0 aromatic heterocycles. The van der Waals surface area contributed by atoms with Crippen LogP contribution in [0.5, 0.6) is 0 Å². The molecule has 0 spiro atoms. The number of quaternary nitrogens is 1. The van der Waals surface area contributed by atoms with Crippen molar-refractivity contribution in [2.75, 3.05) is 47.5 Å². The van der Waals surface area contributed by atoms with E-state index in [0.717, 1.165) is 12.8 Å². The van der Waals surface area contributed by atoms with Crippen LogP contribution < -0.4 is 0 Å². The van der Waals surface area contributed by atoms with Crippen LogP contribution in [0.4, 0.5) is 0 Å². The Bertz CT molecular complexity index is 804. The fraction of sp³-hybridized carbons (Fsp3) is 0.947. The van der Waals surface area contributed by atoms with E-state index in [2.05, 4.69) is 6.92 Å². The Morgan fingerprint density at radius 1 is 0.583 bits per heavy atom. The molecule has 9 nitrogen and oxygen atoms in total. The summed E-state index contributed by atoms with van der Waals surface area (Å²) in [6.07, 6.45) is 31.2. The summed E-state index contributed by atoms with van der Waals surface area (Å²) in [4.78, 5) is 34.0. The molecule has 0 radical (unpaired) electrons. The third-order valence-electron chi connectivity index (χ3n) is 8.69. The first-order valence-electron chi connectivity index (χ1n) is 19.8. The van der Waals surface area contributed by atoms with Crippen LogP contribution in [0.1, 0.15) is 181 Å². The second-order valence-electron chi connectivity index (χ2n) is 14.6. The van der Waals surface area contributed by atoms with Gasteiger partial charge in [-0.25, -0.2) is 4.57 Å². The number of carbonyl (C=O) groups excluding carboxylic acids is 2. The molecule has 0 fully saturated rings. The highest BCUT2D eigenvalue weighted by Crippen LogP contribution is 2.43. The largest absolute Gasteiger partial charge is 0.472 e. The van der Waals surface area contributed by atoms with Crippen LogP contribution in [-0.2, 0) is 32.7 Å². The van der Waals surface area contributed by atoms with Crippen molar-refractivity contribution >= 4 is 19.8 Å². The van der Waals surface area contributed by atoms with Crippen molar-refractivity contribution in [3.05, 3.63) is 0 Å². The summed E-state index contributed by atoms with van der Waals surface area (Å²) in [6.45, 7) is 3.85. The van der Waals surface area contributed by atoms with Gasteiger partial charge in [-0.1, -0.05) is 162 Å². The summed E-state index contributed by atoms with van der Waals surface area (Å²) in [5, 5.41) is 0. The van der Waals surface area contributed by atoms with Crippen molar-refractivity contribution in [1.29, 1.82) is 0 Å². The maximum atomic E-state index is 12.4. The lowest BCUT2D eigenvalue weighted by Crippen LogP contribution is -2.37. The molecule has 10 heteroatoms. The maximum Gasteiger partial charge on any atom is 0.472 e. The zero-order valence-corrected chi connectivity index (χ0v) is 32.9. The fourth-order valence-corrected chi connectivity index (χ4v) is 6.27. The topological polar surface area (TPSA) is 108 Å². The molecule has 0 saturated heterocycles. The van der Waals surface area contributed by atoms with Gasteiger partial charge in [-0.2, -0.15) is 0 Å². The zero-order valence-electron chi connectivity index (χ0n) is 32.0. The fourth-order valence-electron chi connectivity index (χ4n) is 5.53. The van der Waals surface area contributed by atoms with Crippen molar-refractivity contribution < 1.29 is 42.1 Å². The maximum absolute atomic E-state index is 12.4. The highest BCUT2D eigenvalue weighted by Gasteiger charge is 2.26. The average Bonchev–Trinajstić information content (AvgIpc) is 3.03. The van der Waals surface area contributed by atoms with E-state index in [0.29, 0.717) is 17.4 Å². The van der Waals surface area contributed by atoms with E-state index in [1.165, 1.54) is 135 Å². The zero-order chi connectivity index (χ0) is 35.8. The summed E-state index contributed by atoms with van der Waals surface area (Å²) >= 11 is 0. The number of esters is 2. The third kappa shape index (κ3) is 34.9. The summed E-state index contributed by atoms with van der Waals surface area (Å²) in [5.41, 5.74) is 0. The second kappa shape index (κ2) is 32.0. The van der Waals surface area contributed by atoms with Crippen molar-refractivity contribution in [2.24, 2.45) is 0 Å². The van der Waals surface area contributed by atoms with E-state index in [9.17, 15) is 19.0 Å². The molecule has 1 N–H and O–H groups in total. The molecule has 0 amide bonds. The van der Waals surface area contributed by atoms with Gasteiger partial charge in [0.05, 0.1) is 27.7 Å². The average molecular weight is 707 g/mol. The third-order valence-corrected chi connectivity index (χ3v) is 9.68. The van der Waals surface area contributed by atoms with Gasteiger partial charge in [-0.05, 0) is 6.42 Å². The molecule has 0 aromatic rings. The molecule has 0 aliphatic rings. The van der Waals surface area contributed by atoms with Crippen LogP contribution in [0, 0.1) is 0 Å². The molecule has 0 heterocycles. The number of phosphoric acid groups is 1. The molecule has 0 bridgehead atoms. The summed E-state index contributed by atoms with van der Waals surface area (Å²) < 4.78 is 33.4. The first kappa shape index (κ1) is 47.0. The van der Waals surface area contributed by atoms with E-state index in [1.54, 1.807) is 6.92 Å². The lowest BCUT2D eigenvalue weighted by atomic mass is 10.0. The molecule has 0 aliphatic heterocycles. The number of unbranched alkanes of at least 4 members (excludes halogenated alkanes) is 23. The van der Waals surface area contributed by atoms with Gasteiger partial charge in [-0.3, -0.25) is 18.6 Å². The first-order chi connectivity index (χ1) is 23.0. The SMILES string of the molecule is CCCCCCCCCCCCCCCCCCCCCCCCCCC(=O)OC(COC(=O)CC)COP(=O)(O)OCC[N+](C)(C)C. The Morgan fingerprint density at radius 3 is 1.35 bits per heavy atom. The van der Waals surface area contributed by atoms with Crippen LogP contribution in [0.25, 0.3) is 0 Å². The van der Waals surface area contributed by atoms with E-state index in [4.69, 9.17) is 18.5 Å². The predicted molar refractivity (Wildman–Crippen MR) is 197 cm³/mol. The number of carbonyl (C=O) groups is 2. The van der Waals surface area contributed by atoms with Gasteiger partial charge in [0.1, 0.15) is 19.8 Å². The molecule has 2 unspecified atom stereocenters. The molecular formula is C38H77NO8P+. The molecule has 2 atom stereocenters. The Hall–Kier alpha value is -0.990. The quantitative estimate of drug-likeness (QED) is 0.0297. The van der Waals surface area contributed by atoms with E-state index < -0.39 is 32.5 Å². The monoisotopic (exact) mass is 707 g/mol. The van der Waals surface area contributed by atoms with Crippen molar-refractivity contribution in [3.63, 3.8) is 0 Å². The van der Waals surface area contributed by atoms with Crippen molar-refractivity contribution in [3.8, 4) is 0 Å². The van der Waals surface area contributed by atoms with Gasteiger partial charge in [0.15, 0.2) is 6.10 Å². The van der Waals surface area contributed by atoms with Gasteiger partial charge < -0.3 is 18.9 Å². The van der Waals surface area contributed by atoms with Crippen LogP contribution in [0.15, 0.2) is 0 Å². The summed E-state index contributed by atoms with van der Waals surface area (Å²) in [6, 6.07) is 0. The molecule has 0 aliphatic carbocycles. The molecule has 286 valence electrons. The first-order valence-corrected chi connectivity index (χ1v) is 21.3. The van der Waals surface area contributed by atoms with Gasteiger partial charge in [-0.15, -0.1) is 0 Å². The van der Waals surface area contributed by atoms with Gasteiger partial charge in [0.2, 0.25) is 0 Å². The van der Waals surface area contributed by atoms with Crippen LogP contribution in [0.3, 0.4) is 0 Å². The number of nitrogens with zero attached hydrogens (tertiary/aromatic N) is 1. The van der Waals surface area contributed by atoms with Gasteiger partial charge in [0.25, 0.3) is 0 Å². The van der Waals surface area contributed by atoms with Crippen molar-refractivity contribution in [2.45, 2.75) is 187 Å². The normalized spacial score (nSPS) is 13.7. The highest BCUT2D eigenvalue weighted by atomic mass is 31.2. The molecule has 48 heavy (non-hydrogen) atoms. The number of hydrogen-bond donors (Lipinski definition) is 1. The van der Waals surface area contributed by atoms with Crippen LogP contribution >= 0.6 is 7.82 Å². The highest BCUT2D eigenvalue weighted by molar-refractivity contribution is 7.47. The van der Waals surface area contributed by atoms with E-state index in [-0.39, 0.29) is 26.1 Å². The number of hydrogen-bond acceptors (Lipinski definition) is 7. The lowest BCUT2D eigenvalue weighted by molar-refractivity contribution is -0.870. The Labute approximate surface area is 295 Å². The molecule has 0 saturated carbocycles. The Balaban J connectivity index is 3.77. The summed E-state index contributed by atoms with van der Waals surface area (Å²) in [5.74, 6) is -0.888. The minimum Gasteiger partial charge on any atom is -0.462 e. The smallest absolute Gasteiger partial charge is 0.462 e. The summed E-state index contributed by atoms with van der Waals surface area (Å²) in [7, 11) is 1.48. The van der Waals surface area contributed by atoms with Gasteiger partial charge >= 0.3 is 19.8 Å².